The second-order valence-electron chi connectivity index (χ2n) is 7.82. The van der Waals surface area contributed by atoms with Crippen molar-refractivity contribution in [2.75, 3.05) is 0 Å². The van der Waals surface area contributed by atoms with Crippen LogP contribution in [0, 0.1) is 11.8 Å². The third-order valence-corrected chi connectivity index (χ3v) is 23.4. The predicted octanol–water partition coefficient (Wildman–Crippen LogP) is 5.75. The molecule has 4 rings (SSSR count). The van der Waals surface area contributed by atoms with Crippen LogP contribution in [0.15, 0.2) is 47.6 Å². The van der Waals surface area contributed by atoms with Crippen LogP contribution in [0.5, 0.6) is 0 Å². The molecule has 0 aromatic rings. The Labute approximate surface area is 159 Å². The fraction of sp³-hybridized carbons (Fsp3) is 0.579. The first-order valence-corrected chi connectivity index (χ1v) is 20.0. The van der Waals surface area contributed by atoms with Gasteiger partial charge in [-0.2, -0.15) is 0 Å². The third-order valence-electron chi connectivity index (χ3n) is 6.64. The minimum absolute atomic E-state index is 0. The van der Waals surface area contributed by atoms with Crippen LogP contribution in [0.1, 0.15) is 38.5 Å². The fourth-order valence-electron chi connectivity index (χ4n) is 5.49. The predicted molar refractivity (Wildman–Crippen MR) is 106 cm³/mol. The van der Waals surface area contributed by atoms with Gasteiger partial charge in [0, 0.05) is 0 Å². The Bertz CT molecular complexity index is 567. The SMILES string of the molecule is Cl.Cl.[CH3][Zr](=[SiH2])([CH]1CCC2CC=CC=C21)[CH]1CCC2CC=CC=C21. The van der Waals surface area contributed by atoms with E-state index in [1.807, 2.05) is 11.1 Å². The van der Waals surface area contributed by atoms with Gasteiger partial charge in [0.1, 0.15) is 0 Å². The van der Waals surface area contributed by atoms with E-state index in [2.05, 4.69) is 48.0 Å². The Balaban J connectivity index is 0.000000960. The van der Waals surface area contributed by atoms with Crippen LogP contribution in [0.2, 0.25) is 11.9 Å². The Morgan fingerprint density at radius 2 is 1.26 bits per heavy atom. The van der Waals surface area contributed by atoms with Gasteiger partial charge < -0.3 is 0 Å². The summed E-state index contributed by atoms with van der Waals surface area (Å²) in [6.45, 7) is 2.52. The van der Waals surface area contributed by atoms with E-state index in [1.54, 1.807) is 0 Å². The van der Waals surface area contributed by atoms with Gasteiger partial charge in [-0.1, -0.05) is 0 Å². The molecular weight excluding hydrogens is 418 g/mol. The summed E-state index contributed by atoms with van der Waals surface area (Å²) >= 11 is -2.09. The first kappa shape index (κ1) is 20.0. The second-order valence-corrected chi connectivity index (χ2v) is 27.7. The molecule has 0 aliphatic heterocycles. The van der Waals surface area contributed by atoms with Gasteiger partial charge in [-0.05, 0) is 0 Å². The molecule has 4 heteroatoms. The summed E-state index contributed by atoms with van der Waals surface area (Å²) in [6.07, 6.45) is 23.1. The van der Waals surface area contributed by atoms with E-state index >= 15 is 0 Å². The molecule has 4 unspecified atom stereocenters. The van der Waals surface area contributed by atoms with Crippen molar-refractivity contribution in [2.45, 2.75) is 50.4 Å². The van der Waals surface area contributed by atoms with Crippen molar-refractivity contribution in [1.29, 1.82) is 0 Å². The topological polar surface area (TPSA) is 0 Å². The summed E-state index contributed by atoms with van der Waals surface area (Å²) in [6, 6.07) is 0. The molecule has 4 aliphatic rings. The van der Waals surface area contributed by atoms with Gasteiger partial charge in [0.2, 0.25) is 0 Å². The molecule has 0 saturated heterocycles. The summed E-state index contributed by atoms with van der Waals surface area (Å²) in [7, 11) is 0. The van der Waals surface area contributed by atoms with E-state index in [0.717, 1.165) is 19.1 Å². The molecule has 0 amide bonds. The molecule has 2 fully saturated rings. The minimum atomic E-state index is -2.09. The Morgan fingerprint density at radius 1 is 0.826 bits per heavy atom. The molecule has 0 heterocycles. The van der Waals surface area contributed by atoms with Crippen LogP contribution < -0.4 is 0 Å². The Hall–Kier alpha value is 0.640. The summed E-state index contributed by atoms with van der Waals surface area (Å²) < 4.78 is 4.84. The quantitative estimate of drug-likeness (QED) is 0.473. The molecule has 23 heavy (non-hydrogen) atoms. The van der Waals surface area contributed by atoms with Crippen LogP contribution in [0.4, 0.5) is 0 Å². The maximum atomic E-state index is 2.78. The number of hydrogen-bond donors (Lipinski definition) is 0. The first-order valence-electron chi connectivity index (χ1n) is 8.76. The Kier molecular flexibility index (Phi) is 6.85. The normalized spacial score (nSPS) is 36.7. The molecule has 0 bridgehead atoms. The van der Waals surface area contributed by atoms with Crippen LogP contribution >= 0.6 is 24.8 Å². The molecule has 0 nitrogen and oxygen atoms in total. The van der Waals surface area contributed by atoms with Gasteiger partial charge in [0.15, 0.2) is 0 Å². The molecule has 0 N–H and O–H groups in total. The van der Waals surface area contributed by atoms with Crippen molar-refractivity contribution in [3.8, 4) is 0 Å². The van der Waals surface area contributed by atoms with Crippen molar-refractivity contribution in [3.63, 3.8) is 0 Å². The summed E-state index contributed by atoms with van der Waals surface area (Å²) in [4.78, 5) is 0. The van der Waals surface area contributed by atoms with Crippen molar-refractivity contribution in [3.05, 3.63) is 47.6 Å². The monoisotopic (exact) mass is 445 g/mol. The average Bonchev–Trinajstić information content (AvgIpc) is 3.12. The van der Waals surface area contributed by atoms with Gasteiger partial charge in [0.25, 0.3) is 0 Å². The van der Waals surface area contributed by atoms with E-state index in [-0.39, 0.29) is 24.8 Å². The standard InChI is InChI=1S/2C9H11.CH3.2ClH.H2Si.Zr/c2*1-2-5-9-7-3-6-8(9)4-1;;;;;/h2*1-2,4,6,9H,3,5,7H2;1H3;2*1H;1H2;. The number of allylic oxidation sites excluding steroid dienone is 8. The summed E-state index contributed by atoms with van der Waals surface area (Å²) in [5.74, 6) is 1.83. The van der Waals surface area contributed by atoms with Crippen molar-refractivity contribution >= 4 is 31.7 Å². The number of rotatable bonds is 2. The molecular formula is C19H29Cl2SiZr. The van der Waals surface area contributed by atoms with E-state index in [4.69, 9.17) is 0 Å². The molecule has 0 aromatic carbocycles. The molecule has 127 valence electrons. The molecule has 4 atom stereocenters. The van der Waals surface area contributed by atoms with Crippen molar-refractivity contribution in [1.82, 2.24) is 0 Å². The molecule has 0 aromatic heterocycles. The van der Waals surface area contributed by atoms with E-state index in [0.29, 0.717) is 0 Å². The maximum absolute atomic E-state index is 2.78. The third kappa shape index (κ3) is 3.48. The first-order chi connectivity index (χ1) is 10.2. The average molecular weight is 448 g/mol. The Morgan fingerprint density at radius 3 is 1.70 bits per heavy atom. The van der Waals surface area contributed by atoms with Gasteiger partial charge in [-0.25, -0.2) is 0 Å². The zero-order chi connectivity index (χ0) is 14.4. The summed E-state index contributed by atoms with van der Waals surface area (Å²) in [5, 5.41) is 0. The van der Waals surface area contributed by atoms with Gasteiger partial charge >= 0.3 is 136 Å². The van der Waals surface area contributed by atoms with Crippen LogP contribution in [-0.4, -0.2) is 6.88 Å². The zero-order valence-corrected chi connectivity index (χ0v) is 19.5. The zero-order valence-electron chi connectivity index (χ0n) is 14.0. The van der Waals surface area contributed by atoms with Crippen LogP contribution in [0.25, 0.3) is 0 Å². The number of halogens is 2. The summed E-state index contributed by atoms with van der Waals surface area (Å²) in [5.41, 5.74) is 3.75. The number of hydrogen-bond acceptors (Lipinski definition) is 0. The van der Waals surface area contributed by atoms with E-state index < -0.39 is 18.9 Å². The fourth-order valence-corrected chi connectivity index (χ4v) is 21.3. The van der Waals surface area contributed by atoms with E-state index in [9.17, 15) is 0 Å². The molecule has 2 saturated carbocycles. The van der Waals surface area contributed by atoms with Crippen molar-refractivity contribution < 1.29 is 18.9 Å². The van der Waals surface area contributed by atoms with E-state index in [1.165, 1.54) is 38.5 Å². The second kappa shape index (κ2) is 7.90. The molecule has 4 aliphatic carbocycles. The van der Waals surface area contributed by atoms with Crippen LogP contribution in [-0.2, 0) is 18.9 Å². The van der Waals surface area contributed by atoms with Gasteiger partial charge in [-0.15, -0.1) is 24.8 Å². The van der Waals surface area contributed by atoms with Gasteiger partial charge in [-0.3, -0.25) is 0 Å². The van der Waals surface area contributed by atoms with Gasteiger partial charge in [0.05, 0.1) is 0 Å². The van der Waals surface area contributed by atoms with Crippen LogP contribution in [0.3, 0.4) is 0 Å². The number of fused-ring (bicyclic) bond motifs is 2. The molecule has 0 spiro atoms. The van der Waals surface area contributed by atoms with Crippen molar-refractivity contribution in [2.24, 2.45) is 11.8 Å². The molecule has 0 radical (unpaired) electrons.